The minimum atomic E-state index is -0.394. The second-order valence-electron chi connectivity index (χ2n) is 5.00. The molecule has 0 radical (unpaired) electrons. The van der Waals surface area contributed by atoms with Gasteiger partial charge in [0.1, 0.15) is 0 Å². The molecule has 0 aliphatic rings. The normalized spacial score (nSPS) is 10.4. The Balaban J connectivity index is 3.01. The summed E-state index contributed by atoms with van der Waals surface area (Å²) in [6, 6.07) is 0. The van der Waals surface area contributed by atoms with E-state index in [2.05, 4.69) is 17.7 Å². The van der Waals surface area contributed by atoms with Crippen molar-refractivity contribution in [2.24, 2.45) is 0 Å². The van der Waals surface area contributed by atoms with Crippen LogP contribution in [0.25, 0.3) is 0 Å². The highest BCUT2D eigenvalue weighted by atomic mass is 16.7. The van der Waals surface area contributed by atoms with Gasteiger partial charge in [-0.2, -0.15) is 5.48 Å². The van der Waals surface area contributed by atoms with E-state index in [1.807, 2.05) is 6.92 Å². The zero-order valence-corrected chi connectivity index (χ0v) is 12.8. The summed E-state index contributed by atoms with van der Waals surface area (Å²) in [4.78, 5) is 15.7. The van der Waals surface area contributed by atoms with Gasteiger partial charge in [0.25, 0.3) is 0 Å². The van der Waals surface area contributed by atoms with Crippen LogP contribution in [0.5, 0.6) is 0 Å². The Morgan fingerprint density at radius 1 is 0.842 bits per heavy atom. The van der Waals surface area contributed by atoms with Gasteiger partial charge < -0.3 is 10.2 Å². The summed E-state index contributed by atoms with van der Waals surface area (Å²) >= 11 is 0. The van der Waals surface area contributed by atoms with Crippen molar-refractivity contribution in [3.63, 3.8) is 0 Å². The van der Waals surface area contributed by atoms with Crippen LogP contribution in [-0.4, -0.2) is 19.2 Å². The lowest BCUT2D eigenvalue weighted by molar-refractivity contribution is 0.0893. The first-order chi connectivity index (χ1) is 9.31. The Hall–Kier alpha value is -0.770. The van der Waals surface area contributed by atoms with Crippen molar-refractivity contribution in [2.45, 2.75) is 78.1 Å². The third-order valence-electron chi connectivity index (χ3n) is 3.12. The molecule has 114 valence electrons. The SMILES string of the molecule is CCCCCCCCCCCCNOC(=O)NCC. The highest BCUT2D eigenvalue weighted by Crippen LogP contribution is 2.10. The Kier molecular flexibility index (Phi) is 14.7. The molecule has 2 N–H and O–H groups in total. The average Bonchev–Trinajstić information content (AvgIpc) is 2.40. The molecule has 0 atom stereocenters. The summed E-state index contributed by atoms with van der Waals surface area (Å²) in [5, 5.41) is 2.56. The van der Waals surface area contributed by atoms with E-state index < -0.39 is 6.09 Å². The third-order valence-corrected chi connectivity index (χ3v) is 3.12. The maximum Gasteiger partial charge on any atom is 0.426 e. The van der Waals surface area contributed by atoms with Gasteiger partial charge in [-0.1, -0.05) is 64.7 Å². The van der Waals surface area contributed by atoms with Crippen molar-refractivity contribution in [1.82, 2.24) is 10.8 Å². The van der Waals surface area contributed by atoms with Crippen LogP contribution in [0.3, 0.4) is 0 Å². The fourth-order valence-electron chi connectivity index (χ4n) is 1.98. The number of rotatable bonds is 13. The largest absolute Gasteiger partial charge is 0.426 e. The topological polar surface area (TPSA) is 50.4 Å². The van der Waals surface area contributed by atoms with E-state index >= 15 is 0 Å². The maximum atomic E-state index is 10.9. The van der Waals surface area contributed by atoms with Gasteiger partial charge in [-0.05, 0) is 13.3 Å². The predicted molar refractivity (Wildman–Crippen MR) is 80.0 cm³/mol. The molecule has 0 bridgehead atoms. The van der Waals surface area contributed by atoms with E-state index in [0.717, 1.165) is 13.0 Å². The number of nitrogens with one attached hydrogen (secondary N) is 2. The quantitative estimate of drug-likeness (QED) is 0.391. The maximum absolute atomic E-state index is 10.9. The van der Waals surface area contributed by atoms with Gasteiger partial charge in [-0.25, -0.2) is 4.79 Å². The summed E-state index contributed by atoms with van der Waals surface area (Å²) < 4.78 is 0. The van der Waals surface area contributed by atoms with Crippen LogP contribution in [0.15, 0.2) is 0 Å². The Morgan fingerprint density at radius 3 is 1.89 bits per heavy atom. The molecule has 0 aromatic heterocycles. The molecule has 0 aliphatic carbocycles. The van der Waals surface area contributed by atoms with Crippen molar-refractivity contribution < 1.29 is 9.63 Å². The molecule has 0 saturated carbocycles. The molecular formula is C15H32N2O2. The van der Waals surface area contributed by atoms with Crippen LogP contribution in [-0.2, 0) is 4.84 Å². The number of hydrogen-bond donors (Lipinski definition) is 2. The van der Waals surface area contributed by atoms with Crippen molar-refractivity contribution in [2.75, 3.05) is 13.1 Å². The molecule has 0 rings (SSSR count). The lowest BCUT2D eigenvalue weighted by Gasteiger charge is -2.06. The molecule has 0 aromatic carbocycles. The number of hydrogen-bond acceptors (Lipinski definition) is 3. The Morgan fingerprint density at radius 2 is 1.37 bits per heavy atom. The monoisotopic (exact) mass is 272 g/mol. The van der Waals surface area contributed by atoms with Crippen molar-refractivity contribution in [3.8, 4) is 0 Å². The van der Waals surface area contributed by atoms with E-state index in [9.17, 15) is 4.79 Å². The van der Waals surface area contributed by atoms with Gasteiger partial charge in [-0.3, -0.25) is 0 Å². The van der Waals surface area contributed by atoms with Gasteiger partial charge >= 0.3 is 6.09 Å². The molecule has 1 amide bonds. The first-order valence-corrected chi connectivity index (χ1v) is 7.98. The number of amides is 1. The molecule has 19 heavy (non-hydrogen) atoms. The summed E-state index contributed by atoms with van der Waals surface area (Å²) in [5.41, 5.74) is 2.68. The van der Waals surface area contributed by atoms with Gasteiger partial charge in [-0.15, -0.1) is 0 Å². The van der Waals surface area contributed by atoms with Crippen molar-refractivity contribution in [3.05, 3.63) is 0 Å². The van der Waals surface area contributed by atoms with Crippen molar-refractivity contribution >= 4 is 6.09 Å². The van der Waals surface area contributed by atoms with E-state index in [1.54, 1.807) is 0 Å². The minimum absolute atomic E-state index is 0.394. The summed E-state index contributed by atoms with van der Waals surface area (Å²) in [6.45, 7) is 5.46. The standard InChI is InChI=1S/C15H32N2O2/c1-3-5-6-7-8-9-10-11-12-13-14-17-19-15(18)16-4-2/h17H,3-14H2,1-2H3,(H,16,18). The molecule has 0 fully saturated rings. The van der Waals surface area contributed by atoms with Crippen LogP contribution in [0.4, 0.5) is 4.79 Å². The van der Waals surface area contributed by atoms with Crippen LogP contribution in [0, 0.1) is 0 Å². The molecule has 0 spiro atoms. The van der Waals surface area contributed by atoms with E-state index in [-0.39, 0.29) is 0 Å². The minimum Gasteiger partial charge on any atom is -0.354 e. The highest BCUT2D eigenvalue weighted by Gasteiger charge is 1.98. The number of unbranched alkanes of at least 4 members (excludes halogenated alkanes) is 9. The molecular weight excluding hydrogens is 240 g/mol. The number of carbonyl (C=O) groups is 1. The number of hydroxylamine groups is 1. The summed E-state index contributed by atoms with van der Waals surface area (Å²) in [6.07, 6.45) is 12.8. The zero-order chi connectivity index (χ0) is 14.2. The highest BCUT2D eigenvalue weighted by molar-refractivity contribution is 5.66. The Labute approximate surface area is 118 Å². The molecule has 4 nitrogen and oxygen atoms in total. The van der Waals surface area contributed by atoms with Crippen LogP contribution >= 0.6 is 0 Å². The fourth-order valence-corrected chi connectivity index (χ4v) is 1.98. The van der Waals surface area contributed by atoms with Crippen LogP contribution in [0.1, 0.15) is 78.1 Å². The van der Waals surface area contributed by atoms with Gasteiger partial charge in [0.2, 0.25) is 0 Å². The van der Waals surface area contributed by atoms with E-state index in [1.165, 1.54) is 57.8 Å². The second-order valence-corrected chi connectivity index (χ2v) is 5.00. The van der Waals surface area contributed by atoms with Gasteiger partial charge in [0, 0.05) is 13.1 Å². The van der Waals surface area contributed by atoms with E-state index in [4.69, 9.17) is 4.84 Å². The molecule has 0 heterocycles. The summed E-state index contributed by atoms with van der Waals surface area (Å²) in [5.74, 6) is 0. The number of carbonyl (C=O) groups excluding carboxylic acids is 1. The zero-order valence-electron chi connectivity index (χ0n) is 12.8. The lowest BCUT2D eigenvalue weighted by Crippen LogP contribution is -2.30. The molecule has 0 aliphatic heterocycles. The first kappa shape index (κ1) is 18.2. The fraction of sp³-hybridized carbons (Fsp3) is 0.933. The summed E-state index contributed by atoms with van der Waals surface area (Å²) in [7, 11) is 0. The van der Waals surface area contributed by atoms with Gasteiger partial charge in [0.15, 0.2) is 0 Å². The van der Waals surface area contributed by atoms with Crippen LogP contribution in [0.2, 0.25) is 0 Å². The smallest absolute Gasteiger partial charge is 0.354 e. The molecule has 0 aromatic rings. The van der Waals surface area contributed by atoms with Gasteiger partial charge in [0.05, 0.1) is 0 Å². The first-order valence-electron chi connectivity index (χ1n) is 7.98. The van der Waals surface area contributed by atoms with Crippen molar-refractivity contribution in [1.29, 1.82) is 0 Å². The molecule has 0 saturated heterocycles. The lowest BCUT2D eigenvalue weighted by atomic mass is 10.1. The second kappa shape index (κ2) is 15.3. The Bertz CT molecular complexity index is 199. The van der Waals surface area contributed by atoms with E-state index in [0.29, 0.717) is 6.54 Å². The molecule has 4 heteroatoms. The predicted octanol–water partition coefficient (Wildman–Crippen LogP) is 4.16. The third kappa shape index (κ3) is 15.2. The van der Waals surface area contributed by atoms with Crippen LogP contribution < -0.4 is 10.8 Å². The molecule has 0 unspecified atom stereocenters. The average molecular weight is 272 g/mol.